The Morgan fingerprint density at radius 3 is 2.28 bits per heavy atom. The Morgan fingerprint density at radius 2 is 1.76 bits per heavy atom. The van der Waals surface area contributed by atoms with Gasteiger partial charge in [0.05, 0.1) is 6.61 Å². The first-order chi connectivity index (χ1) is 13.5. The normalized spacial score (nSPS) is 19.1. The molecule has 158 valence electrons. The van der Waals surface area contributed by atoms with E-state index in [9.17, 15) is 24.3 Å². The van der Waals surface area contributed by atoms with Gasteiger partial charge in [-0.05, 0) is 33.3 Å². The van der Waals surface area contributed by atoms with Gasteiger partial charge in [-0.15, -0.1) is 0 Å². The fraction of sp³-hybridized carbons (Fsp3) is 0.500. The number of nitrogens with one attached hydrogen (secondary N) is 1. The number of ether oxygens (including phenoxy) is 2. The first kappa shape index (κ1) is 22.2. The molecule has 9 nitrogen and oxygen atoms in total. The lowest BCUT2D eigenvalue weighted by molar-refractivity contribution is -0.145. The molecule has 1 aromatic carbocycles. The van der Waals surface area contributed by atoms with Crippen molar-refractivity contribution in [3.05, 3.63) is 35.9 Å². The van der Waals surface area contributed by atoms with Crippen molar-refractivity contribution < 1.29 is 33.8 Å². The molecule has 0 bridgehead atoms. The third kappa shape index (κ3) is 5.94. The number of benzene rings is 1. The van der Waals surface area contributed by atoms with Crippen LogP contribution in [0.1, 0.15) is 33.3 Å². The molecule has 0 aromatic heterocycles. The Kier molecular flexibility index (Phi) is 6.84. The summed E-state index contributed by atoms with van der Waals surface area (Å²) in [5, 5.41) is 11.8. The zero-order valence-electron chi connectivity index (χ0n) is 16.9. The second kappa shape index (κ2) is 8.93. The lowest BCUT2D eigenvalue weighted by Crippen LogP contribution is -2.48. The quantitative estimate of drug-likeness (QED) is 0.518. The van der Waals surface area contributed by atoms with Gasteiger partial charge in [0.25, 0.3) is 0 Å². The first-order valence-electron chi connectivity index (χ1n) is 9.30. The van der Waals surface area contributed by atoms with Gasteiger partial charge in [0.1, 0.15) is 11.6 Å². The summed E-state index contributed by atoms with van der Waals surface area (Å²) >= 11 is 0. The van der Waals surface area contributed by atoms with Crippen LogP contribution in [0.3, 0.4) is 0 Å². The van der Waals surface area contributed by atoms with E-state index in [4.69, 9.17) is 9.47 Å². The number of hydrogen-bond donors (Lipinski definition) is 2. The molecule has 3 atom stereocenters. The van der Waals surface area contributed by atoms with Crippen LogP contribution in [0.5, 0.6) is 0 Å². The smallest absolute Gasteiger partial charge is 0.408 e. The van der Waals surface area contributed by atoms with E-state index in [2.05, 4.69) is 5.32 Å². The van der Waals surface area contributed by atoms with E-state index in [1.165, 1.54) is 0 Å². The number of aliphatic carboxylic acids is 1. The number of carboxylic acid groups (broad SMARTS) is 1. The third-order valence-corrected chi connectivity index (χ3v) is 4.12. The molecule has 1 aromatic rings. The van der Waals surface area contributed by atoms with Crippen molar-refractivity contribution in [3.63, 3.8) is 0 Å². The Labute approximate surface area is 169 Å². The average Bonchev–Trinajstić information content (AvgIpc) is 3.36. The van der Waals surface area contributed by atoms with Crippen LogP contribution in [0.25, 0.3) is 0 Å². The number of carbonyl (C=O) groups excluding carboxylic acids is 3. The molecule has 29 heavy (non-hydrogen) atoms. The van der Waals surface area contributed by atoms with Crippen molar-refractivity contribution in [1.82, 2.24) is 10.2 Å². The van der Waals surface area contributed by atoms with E-state index in [1.807, 2.05) is 6.07 Å². The maximum Gasteiger partial charge on any atom is 0.408 e. The molecule has 2 amide bonds. The summed E-state index contributed by atoms with van der Waals surface area (Å²) in [5.74, 6) is -2.79. The summed E-state index contributed by atoms with van der Waals surface area (Å²) < 4.78 is 10.1. The molecule has 1 saturated heterocycles. The largest absolute Gasteiger partial charge is 0.480 e. The Balaban J connectivity index is 2.22. The molecule has 0 unspecified atom stereocenters. The SMILES string of the molecule is CCOC(=O)[C@H]1[C@H](C(=O)O)N1C(=O)[C@H](Cc1ccccc1)NC(=O)OC(C)(C)C. The van der Waals surface area contributed by atoms with Gasteiger partial charge in [0.2, 0.25) is 5.91 Å². The first-order valence-corrected chi connectivity index (χ1v) is 9.30. The average molecular weight is 406 g/mol. The maximum absolute atomic E-state index is 13.0. The Morgan fingerprint density at radius 1 is 1.14 bits per heavy atom. The number of rotatable bonds is 7. The molecule has 1 fully saturated rings. The van der Waals surface area contributed by atoms with Crippen LogP contribution < -0.4 is 5.32 Å². The van der Waals surface area contributed by atoms with Gasteiger partial charge in [0, 0.05) is 6.42 Å². The summed E-state index contributed by atoms with van der Waals surface area (Å²) in [4.78, 5) is 49.7. The molecule has 0 spiro atoms. The van der Waals surface area contributed by atoms with Crippen LogP contribution in [-0.2, 0) is 30.3 Å². The number of carboxylic acids is 1. The molecule has 0 radical (unpaired) electrons. The van der Waals surface area contributed by atoms with E-state index in [0.717, 1.165) is 10.5 Å². The van der Waals surface area contributed by atoms with Crippen LogP contribution in [0.15, 0.2) is 30.3 Å². The van der Waals surface area contributed by atoms with Crippen molar-refractivity contribution in [2.75, 3.05) is 6.61 Å². The summed E-state index contributed by atoms with van der Waals surface area (Å²) in [6.45, 7) is 6.70. The summed E-state index contributed by atoms with van der Waals surface area (Å²) in [6, 6.07) is 5.29. The highest BCUT2D eigenvalue weighted by molar-refractivity contribution is 6.02. The minimum atomic E-state index is -1.32. The van der Waals surface area contributed by atoms with Crippen molar-refractivity contribution in [2.24, 2.45) is 0 Å². The topological polar surface area (TPSA) is 122 Å². The monoisotopic (exact) mass is 406 g/mol. The second-order valence-electron chi connectivity index (χ2n) is 7.61. The van der Waals surface area contributed by atoms with Gasteiger partial charge in [-0.2, -0.15) is 0 Å². The fourth-order valence-corrected chi connectivity index (χ4v) is 2.91. The van der Waals surface area contributed by atoms with Gasteiger partial charge in [-0.3, -0.25) is 4.79 Å². The van der Waals surface area contributed by atoms with Crippen LogP contribution in [0.4, 0.5) is 4.79 Å². The van der Waals surface area contributed by atoms with E-state index in [1.54, 1.807) is 52.0 Å². The minimum absolute atomic E-state index is 0.0628. The van der Waals surface area contributed by atoms with Gasteiger partial charge in [-0.1, -0.05) is 30.3 Å². The van der Waals surface area contributed by atoms with E-state index in [0.29, 0.717) is 0 Å². The number of carbonyl (C=O) groups is 4. The lowest BCUT2D eigenvalue weighted by Gasteiger charge is -2.23. The van der Waals surface area contributed by atoms with E-state index in [-0.39, 0.29) is 13.0 Å². The Bertz CT molecular complexity index is 773. The molecule has 2 rings (SSSR count). The van der Waals surface area contributed by atoms with Crippen LogP contribution in [-0.4, -0.2) is 64.3 Å². The van der Waals surface area contributed by atoms with Crippen molar-refractivity contribution in [2.45, 2.75) is 57.8 Å². The molecule has 2 N–H and O–H groups in total. The van der Waals surface area contributed by atoms with E-state index < -0.39 is 47.7 Å². The number of alkyl carbamates (subject to hydrolysis) is 1. The number of hydrogen-bond acceptors (Lipinski definition) is 6. The highest BCUT2D eigenvalue weighted by Crippen LogP contribution is 2.31. The molecule has 1 aliphatic rings. The number of esters is 1. The molecule has 0 saturated carbocycles. The van der Waals surface area contributed by atoms with Crippen molar-refractivity contribution in [3.8, 4) is 0 Å². The van der Waals surface area contributed by atoms with Gasteiger partial charge < -0.3 is 24.8 Å². The summed E-state index contributed by atoms with van der Waals surface area (Å²) in [5.41, 5.74) is -0.0234. The number of amides is 2. The molecular weight excluding hydrogens is 380 g/mol. The third-order valence-electron chi connectivity index (χ3n) is 4.12. The van der Waals surface area contributed by atoms with Crippen LogP contribution >= 0.6 is 0 Å². The van der Waals surface area contributed by atoms with Crippen LogP contribution in [0, 0.1) is 0 Å². The maximum atomic E-state index is 13.0. The van der Waals surface area contributed by atoms with E-state index >= 15 is 0 Å². The van der Waals surface area contributed by atoms with Gasteiger partial charge >= 0.3 is 18.0 Å². The predicted molar refractivity (Wildman–Crippen MR) is 102 cm³/mol. The van der Waals surface area contributed by atoms with Crippen LogP contribution in [0.2, 0.25) is 0 Å². The molecule has 1 heterocycles. The predicted octanol–water partition coefficient (Wildman–Crippen LogP) is 1.35. The zero-order chi connectivity index (χ0) is 21.8. The molecule has 9 heteroatoms. The second-order valence-corrected chi connectivity index (χ2v) is 7.61. The highest BCUT2D eigenvalue weighted by atomic mass is 16.6. The van der Waals surface area contributed by atoms with Crippen molar-refractivity contribution >= 4 is 23.9 Å². The molecular formula is C20H26N2O7. The summed E-state index contributed by atoms with van der Waals surface area (Å²) in [7, 11) is 0. The van der Waals surface area contributed by atoms with Gasteiger partial charge in [0.15, 0.2) is 12.1 Å². The minimum Gasteiger partial charge on any atom is -0.480 e. The highest BCUT2D eigenvalue weighted by Gasteiger charge is 2.62. The standard InChI is InChI=1S/C20H26N2O7/c1-5-28-18(26)15-14(17(24)25)22(15)16(23)13(11-12-9-7-6-8-10-12)21-19(27)29-20(2,3)4/h6-10,13-15H,5,11H2,1-4H3,(H,21,27)(H,24,25)/t13-,14+,15+,22?/m0/s1. The molecule has 1 aliphatic heterocycles. The number of nitrogens with zero attached hydrogens (tertiary/aromatic N) is 1. The summed E-state index contributed by atoms with van der Waals surface area (Å²) in [6.07, 6.45) is -0.703. The van der Waals surface area contributed by atoms with Crippen molar-refractivity contribution in [1.29, 1.82) is 0 Å². The molecule has 0 aliphatic carbocycles. The fourth-order valence-electron chi connectivity index (χ4n) is 2.91. The lowest BCUT2D eigenvalue weighted by atomic mass is 10.1. The zero-order valence-corrected chi connectivity index (χ0v) is 16.9. The Hall–Kier alpha value is -3.10. The van der Waals surface area contributed by atoms with Gasteiger partial charge in [-0.25, -0.2) is 14.4 Å².